The lowest BCUT2D eigenvalue weighted by atomic mass is 10.2. The van der Waals surface area contributed by atoms with E-state index in [9.17, 15) is 22.0 Å². The third kappa shape index (κ3) is 4.21. The van der Waals surface area contributed by atoms with Gasteiger partial charge in [0, 0.05) is 26.2 Å². The average Bonchev–Trinajstić information content (AvgIpc) is 2.69. The van der Waals surface area contributed by atoms with E-state index in [-0.39, 0.29) is 29.6 Å². The number of amides is 1. The number of carbonyl (C=O) groups excluding carboxylic acids is 1. The zero-order valence-electron chi connectivity index (χ0n) is 15.3. The fourth-order valence-corrected chi connectivity index (χ4v) is 4.58. The van der Waals surface area contributed by atoms with E-state index < -0.39 is 27.7 Å². The number of sulfonamides is 1. The first-order valence-corrected chi connectivity index (χ1v) is 10.3. The van der Waals surface area contributed by atoms with Gasteiger partial charge in [0.15, 0.2) is 0 Å². The van der Waals surface area contributed by atoms with Crippen LogP contribution in [-0.2, 0) is 14.8 Å². The van der Waals surface area contributed by atoms with Crippen LogP contribution in [0.5, 0.6) is 0 Å². The van der Waals surface area contributed by atoms with Crippen LogP contribution in [0.25, 0.3) is 0 Å². The van der Waals surface area contributed by atoms with E-state index in [1.54, 1.807) is 13.0 Å². The number of halogens is 2. The largest absolute Gasteiger partial charge is 0.322 e. The lowest BCUT2D eigenvalue weighted by Crippen LogP contribution is -2.54. The number of hydrogen-bond acceptors (Lipinski definition) is 4. The molecule has 1 N–H and O–H groups in total. The van der Waals surface area contributed by atoms with Gasteiger partial charge in [0.05, 0.1) is 11.7 Å². The Morgan fingerprint density at radius 3 is 2.14 bits per heavy atom. The van der Waals surface area contributed by atoms with Gasteiger partial charge in [-0.1, -0.05) is 24.3 Å². The first-order valence-electron chi connectivity index (χ1n) is 8.85. The van der Waals surface area contributed by atoms with E-state index in [1.165, 1.54) is 40.7 Å². The SMILES string of the molecule is CC(C(=O)Nc1ccccc1F)N1CCN(S(=O)(=O)c2ccccc2F)CC1. The molecule has 1 unspecified atom stereocenters. The molecule has 0 spiro atoms. The normalized spacial score (nSPS) is 17.2. The molecule has 2 aromatic rings. The summed E-state index contributed by atoms with van der Waals surface area (Å²) in [4.78, 5) is 13.9. The van der Waals surface area contributed by atoms with Gasteiger partial charge in [-0.25, -0.2) is 17.2 Å². The third-order valence-electron chi connectivity index (χ3n) is 4.79. The summed E-state index contributed by atoms with van der Waals surface area (Å²) in [6.45, 7) is 2.55. The number of nitrogens with one attached hydrogen (secondary N) is 1. The number of anilines is 1. The van der Waals surface area contributed by atoms with E-state index >= 15 is 0 Å². The smallest absolute Gasteiger partial charge is 0.246 e. The molecule has 1 atom stereocenters. The fraction of sp³-hybridized carbons (Fsp3) is 0.316. The number of rotatable bonds is 5. The number of benzene rings is 2. The molecule has 0 saturated carbocycles. The van der Waals surface area contributed by atoms with Crippen molar-refractivity contribution in [2.24, 2.45) is 0 Å². The summed E-state index contributed by atoms with van der Waals surface area (Å²) in [5.41, 5.74) is 0.0973. The van der Waals surface area contributed by atoms with Crippen molar-refractivity contribution in [2.45, 2.75) is 17.9 Å². The fourth-order valence-electron chi connectivity index (χ4n) is 3.09. The van der Waals surface area contributed by atoms with Crippen LogP contribution in [0.1, 0.15) is 6.92 Å². The Kier molecular flexibility index (Phi) is 6.07. The molecule has 28 heavy (non-hydrogen) atoms. The molecule has 1 heterocycles. The first kappa shape index (κ1) is 20.4. The maximum absolute atomic E-state index is 13.9. The Morgan fingerprint density at radius 2 is 1.54 bits per heavy atom. The molecule has 0 radical (unpaired) electrons. The van der Waals surface area contributed by atoms with Crippen molar-refractivity contribution in [1.82, 2.24) is 9.21 Å². The second-order valence-corrected chi connectivity index (χ2v) is 8.42. The summed E-state index contributed by atoms with van der Waals surface area (Å²) in [6.07, 6.45) is 0. The van der Waals surface area contributed by atoms with Crippen LogP contribution in [0.4, 0.5) is 14.5 Å². The monoisotopic (exact) mass is 409 g/mol. The molecule has 0 aliphatic carbocycles. The van der Waals surface area contributed by atoms with E-state index in [1.807, 2.05) is 4.90 Å². The van der Waals surface area contributed by atoms with Gasteiger partial charge in [-0.2, -0.15) is 4.31 Å². The van der Waals surface area contributed by atoms with Crippen LogP contribution in [0.2, 0.25) is 0 Å². The minimum atomic E-state index is -3.93. The summed E-state index contributed by atoms with van der Waals surface area (Å²) in [7, 11) is -3.93. The maximum atomic E-state index is 13.9. The Balaban J connectivity index is 1.62. The molecule has 1 amide bonds. The zero-order valence-corrected chi connectivity index (χ0v) is 16.1. The molecular weight excluding hydrogens is 388 g/mol. The molecule has 1 aliphatic rings. The Labute approximate surface area is 162 Å². The molecular formula is C19H21F2N3O3S. The molecule has 0 aromatic heterocycles. The highest BCUT2D eigenvalue weighted by Crippen LogP contribution is 2.21. The quantitative estimate of drug-likeness (QED) is 0.823. The molecule has 150 valence electrons. The van der Waals surface area contributed by atoms with Crippen LogP contribution in [0.15, 0.2) is 53.4 Å². The van der Waals surface area contributed by atoms with Crippen molar-refractivity contribution in [3.8, 4) is 0 Å². The van der Waals surface area contributed by atoms with E-state index in [4.69, 9.17) is 0 Å². The van der Waals surface area contributed by atoms with Crippen molar-refractivity contribution in [3.63, 3.8) is 0 Å². The molecule has 1 aliphatic heterocycles. The minimum absolute atomic E-state index is 0.0973. The summed E-state index contributed by atoms with van der Waals surface area (Å²) >= 11 is 0. The Hall–Kier alpha value is -2.36. The minimum Gasteiger partial charge on any atom is -0.322 e. The highest BCUT2D eigenvalue weighted by Gasteiger charge is 2.33. The van der Waals surface area contributed by atoms with Crippen LogP contribution in [0, 0.1) is 11.6 Å². The second-order valence-electron chi connectivity index (χ2n) is 6.52. The van der Waals surface area contributed by atoms with Crippen molar-refractivity contribution < 1.29 is 22.0 Å². The molecule has 0 bridgehead atoms. The van der Waals surface area contributed by atoms with Gasteiger partial charge in [-0.3, -0.25) is 9.69 Å². The lowest BCUT2D eigenvalue weighted by Gasteiger charge is -2.36. The van der Waals surface area contributed by atoms with E-state index in [0.717, 1.165) is 6.07 Å². The van der Waals surface area contributed by atoms with Crippen molar-refractivity contribution in [2.75, 3.05) is 31.5 Å². The Morgan fingerprint density at radius 1 is 0.964 bits per heavy atom. The van der Waals surface area contributed by atoms with Gasteiger partial charge >= 0.3 is 0 Å². The maximum Gasteiger partial charge on any atom is 0.246 e. The van der Waals surface area contributed by atoms with Gasteiger partial charge in [-0.05, 0) is 31.2 Å². The van der Waals surface area contributed by atoms with Crippen molar-refractivity contribution in [1.29, 1.82) is 0 Å². The van der Waals surface area contributed by atoms with Gasteiger partial charge in [-0.15, -0.1) is 0 Å². The van der Waals surface area contributed by atoms with Crippen molar-refractivity contribution >= 4 is 21.6 Å². The standard InChI is InChI=1S/C19H21F2N3O3S/c1-14(19(25)22-17-8-4-2-6-15(17)20)23-10-12-24(13-11-23)28(26,27)18-9-5-3-7-16(18)21/h2-9,14H,10-13H2,1H3,(H,22,25). The number of nitrogens with zero attached hydrogens (tertiary/aromatic N) is 2. The molecule has 9 heteroatoms. The van der Waals surface area contributed by atoms with Gasteiger partial charge in [0.2, 0.25) is 15.9 Å². The predicted molar refractivity (Wildman–Crippen MR) is 101 cm³/mol. The molecule has 6 nitrogen and oxygen atoms in total. The van der Waals surface area contributed by atoms with Gasteiger partial charge < -0.3 is 5.32 Å². The second kappa shape index (κ2) is 8.34. The molecule has 3 rings (SSSR count). The van der Waals surface area contributed by atoms with E-state index in [0.29, 0.717) is 13.1 Å². The zero-order chi connectivity index (χ0) is 20.3. The predicted octanol–water partition coefficient (Wildman–Crippen LogP) is 2.30. The van der Waals surface area contributed by atoms with Crippen LogP contribution >= 0.6 is 0 Å². The van der Waals surface area contributed by atoms with Crippen molar-refractivity contribution in [3.05, 3.63) is 60.2 Å². The highest BCUT2D eigenvalue weighted by molar-refractivity contribution is 7.89. The summed E-state index contributed by atoms with van der Waals surface area (Å²) in [5.74, 6) is -1.69. The number of hydrogen-bond donors (Lipinski definition) is 1. The van der Waals surface area contributed by atoms with Crippen LogP contribution in [0.3, 0.4) is 0 Å². The molecule has 1 fully saturated rings. The summed E-state index contributed by atoms with van der Waals surface area (Å²) in [5, 5.41) is 2.54. The number of para-hydroxylation sites is 1. The highest BCUT2D eigenvalue weighted by atomic mass is 32.2. The van der Waals surface area contributed by atoms with E-state index in [2.05, 4.69) is 5.32 Å². The lowest BCUT2D eigenvalue weighted by molar-refractivity contribution is -0.121. The average molecular weight is 409 g/mol. The Bertz CT molecular complexity index is 960. The summed E-state index contributed by atoms with van der Waals surface area (Å²) < 4.78 is 54.1. The third-order valence-corrected chi connectivity index (χ3v) is 6.72. The van der Waals surface area contributed by atoms with Gasteiger partial charge in [0.25, 0.3) is 0 Å². The molecule has 2 aromatic carbocycles. The van der Waals surface area contributed by atoms with Crippen LogP contribution < -0.4 is 5.32 Å². The van der Waals surface area contributed by atoms with Crippen LogP contribution in [-0.4, -0.2) is 55.8 Å². The first-order chi connectivity index (χ1) is 13.3. The topological polar surface area (TPSA) is 69.7 Å². The molecule has 1 saturated heterocycles. The van der Waals surface area contributed by atoms with Gasteiger partial charge in [0.1, 0.15) is 16.5 Å². The summed E-state index contributed by atoms with van der Waals surface area (Å²) in [6, 6.07) is 10.6. The number of piperazine rings is 1. The number of carbonyl (C=O) groups is 1.